The minimum Gasteiger partial charge on any atom is -0.496 e. The van der Waals surface area contributed by atoms with E-state index in [9.17, 15) is 4.79 Å². The van der Waals surface area contributed by atoms with Crippen LogP contribution in [0, 0.1) is 0 Å². The van der Waals surface area contributed by atoms with Crippen molar-refractivity contribution in [2.24, 2.45) is 0 Å². The highest BCUT2D eigenvalue weighted by Crippen LogP contribution is 2.29. The first-order valence-electron chi connectivity index (χ1n) is 8.60. The summed E-state index contributed by atoms with van der Waals surface area (Å²) >= 11 is 6.03. The van der Waals surface area contributed by atoms with Gasteiger partial charge in [-0.15, -0.1) is 0 Å². The highest BCUT2D eigenvalue weighted by atomic mass is 35.5. The van der Waals surface area contributed by atoms with Crippen LogP contribution in [0.25, 0.3) is 0 Å². The second-order valence-corrected chi connectivity index (χ2v) is 6.36. The molecule has 3 aromatic carbocycles. The topological polar surface area (TPSA) is 56.8 Å². The van der Waals surface area contributed by atoms with Crippen LogP contribution in [0.1, 0.15) is 15.9 Å². The molecule has 5 nitrogen and oxygen atoms in total. The molecule has 144 valence electrons. The molecule has 3 rings (SSSR count). The summed E-state index contributed by atoms with van der Waals surface area (Å²) in [5, 5.41) is 3.33. The number of anilines is 1. The van der Waals surface area contributed by atoms with Crippen LogP contribution in [0.2, 0.25) is 5.02 Å². The maximum atomic E-state index is 12.7. The highest BCUT2D eigenvalue weighted by molar-refractivity contribution is 6.31. The van der Waals surface area contributed by atoms with E-state index in [2.05, 4.69) is 5.32 Å². The predicted octanol–water partition coefficient (Wildman–Crippen LogP) is 5.19. The summed E-state index contributed by atoms with van der Waals surface area (Å²) in [5.74, 6) is 1.62. The van der Waals surface area contributed by atoms with Gasteiger partial charge in [0, 0.05) is 16.1 Å². The summed E-state index contributed by atoms with van der Waals surface area (Å²) in [6.07, 6.45) is 0. The maximum Gasteiger partial charge on any atom is 0.255 e. The van der Waals surface area contributed by atoms with Crippen molar-refractivity contribution in [3.63, 3.8) is 0 Å². The van der Waals surface area contributed by atoms with Crippen molar-refractivity contribution in [3.8, 4) is 17.2 Å². The normalized spacial score (nSPS) is 10.2. The molecule has 1 amide bonds. The van der Waals surface area contributed by atoms with E-state index in [0.717, 1.165) is 11.3 Å². The van der Waals surface area contributed by atoms with E-state index >= 15 is 0 Å². The molecule has 28 heavy (non-hydrogen) atoms. The van der Waals surface area contributed by atoms with Crippen molar-refractivity contribution >= 4 is 23.2 Å². The zero-order valence-electron chi connectivity index (χ0n) is 15.6. The Morgan fingerprint density at radius 2 is 1.64 bits per heavy atom. The van der Waals surface area contributed by atoms with Crippen molar-refractivity contribution in [1.29, 1.82) is 0 Å². The van der Waals surface area contributed by atoms with Crippen LogP contribution in [0.3, 0.4) is 0 Å². The van der Waals surface area contributed by atoms with Crippen LogP contribution < -0.4 is 19.5 Å². The number of carbonyl (C=O) groups excluding carboxylic acids is 1. The molecule has 0 heterocycles. The summed E-state index contributed by atoms with van der Waals surface area (Å²) in [7, 11) is 3.11. The molecule has 0 bridgehead atoms. The largest absolute Gasteiger partial charge is 0.496 e. The molecule has 0 aromatic heterocycles. The second-order valence-electron chi connectivity index (χ2n) is 5.93. The number of amides is 1. The van der Waals surface area contributed by atoms with Crippen LogP contribution >= 0.6 is 11.6 Å². The quantitative estimate of drug-likeness (QED) is 0.596. The van der Waals surface area contributed by atoms with Crippen LogP contribution in [0.5, 0.6) is 17.2 Å². The number of ether oxygens (including phenoxy) is 3. The average Bonchev–Trinajstić information content (AvgIpc) is 2.73. The highest BCUT2D eigenvalue weighted by Gasteiger charge is 2.13. The molecule has 0 radical (unpaired) electrons. The van der Waals surface area contributed by atoms with E-state index in [4.69, 9.17) is 25.8 Å². The Kier molecular flexibility index (Phi) is 6.40. The van der Waals surface area contributed by atoms with Gasteiger partial charge in [-0.3, -0.25) is 4.79 Å². The molecule has 1 N–H and O–H groups in total. The van der Waals surface area contributed by atoms with Crippen molar-refractivity contribution < 1.29 is 19.0 Å². The molecule has 0 aliphatic carbocycles. The van der Waals surface area contributed by atoms with Crippen LogP contribution in [-0.2, 0) is 6.61 Å². The molecule has 0 fully saturated rings. The number of carbonyl (C=O) groups is 1. The second kappa shape index (κ2) is 9.15. The van der Waals surface area contributed by atoms with Crippen LogP contribution in [0.4, 0.5) is 5.69 Å². The van der Waals surface area contributed by atoms with E-state index in [-0.39, 0.29) is 12.5 Å². The molecule has 6 heteroatoms. The monoisotopic (exact) mass is 397 g/mol. The molecule has 0 aliphatic rings. The third-order valence-corrected chi connectivity index (χ3v) is 4.32. The maximum absolute atomic E-state index is 12.7. The number of hydrogen-bond acceptors (Lipinski definition) is 4. The number of hydrogen-bond donors (Lipinski definition) is 1. The molecule has 0 atom stereocenters. The Hall–Kier alpha value is -3.18. The summed E-state index contributed by atoms with van der Waals surface area (Å²) in [6.45, 7) is 0.273. The Bertz CT molecular complexity index is 960. The van der Waals surface area contributed by atoms with E-state index in [1.54, 1.807) is 43.5 Å². The molecule has 0 unspecified atom stereocenters. The van der Waals surface area contributed by atoms with E-state index in [0.29, 0.717) is 27.8 Å². The number of rotatable bonds is 7. The van der Waals surface area contributed by atoms with Crippen LogP contribution in [0.15, 0.2) is 66.7 Å². The number of benzene rings is 3. The van der Waals surface area contributed by atoms with Gasteiger partial charge < -0.3 is 19.5 Å². The molecule has 0 saturated heterocycles. The Morgan fingerprint density at radius 3 is 2.36 bits per heavy atom. The minimum absolute atomic E-state index is 0.273. The molecular formula is C22H20ClNO4. The van der Waals surface area contributed by atoms with Gasteiger partial charge >= 0.3 is 0 Å². The van der Waals surface area contributed by atoms with Crippen molar-refractivity contribution in [2.75, 3.05) is 19.5 Å². The summed E-state index contributed by atoms with van der Waals surface area (Å²) in [5.41, 5.74) is 1.73. The average molecular weight is 398 g/mol. The van der Waals surface area contributed by atoms with Gasteiger partial charge in [-0.2, -0.15) is 0 Å². The summed E-state index contributed by atoms with van der Waals surface area (Å²) in [6, 6.07) is 19.7. The first-order chi connectivity index (χ1) is 13.6. The zero-order valence-corrected chi connectivity index (χ0v) is 16.3. The zero-order chi connectivity index (χ0) is 19.9. The SMILES string of the molecule is COc1ccc(C(=O)Nc2cc(Cl)ccc2OC)cc1COc1ccccc1. The molecule has 0 saturated carbocycles. The molecular weight excluding hydrogens is 378 g/mol. The lowest BCUT2D eigenvalue weighted by molar-refractivity contribution is 0.102. The van der Waals surface area contributed by atoms with Gasteiger partial charge in [-0.05, 0) is 48.5 Å². The van der Waals surface area contributed by atoms with Gasteiger partial charge in [-0.25, -0.2) is 0 Å². The number of nitrogens with one attached hydrogen (secondary N) is 1. The molecule has 0 spiro atoms. The Labute approximate surface area is 168 Å². The Morgan fingerprint density at radius 1 is 0.929 bits per heavy atom. The third kappa shape index (κ3) is 4.75. The van der Waals surface area contributed by atoms with Crippen LogP contribution in [-0.4, -0.2) is 20.1 Å². The predicted molar refractivity (Wildman–Crippen MR) is 110 cm³/mol. The molecule has 0 aliphatic heterocycles. The van der Waals surface area contributed by atoms with E-state index < -0.39 is 0 Å². The first kappa shape index (κ1) is 19.6. The third-order valence-electron chi connectivity index (χ3n) is 4.09. The minimum atomic E-state index is -0.288. The first-order valence-corrected chi connectivity index (χ1v) is 8.98. The fourth-order valence-electron chi connectivity index (χ4n) is 2.68. The van der Waals surface area contributed by atoms with Gasteiger partial charge in [0.05, 0.1) is 19.9 Å². The van der Waals surface area contributed by atoms with Gasteiger partial charge in [-0.1, -0.05) is 29.8 Å². The lowest BCUT2D eigenvalue weighted by Gasteiger charge is -2.13. The number of halogens is 1. The van der Waals surface area contributed by atoms with Crippen molar-refractivity contribution in [2.45, 2.75) is 6.61 Å². The lowest BCUT2D eigenvalue weighted by Crippen LogP contribution is -2.13. The number of methoxy groups -OCH3 is 2. The van der Waals surface area contributed by atoms with E-state index in [1.165, 1.54) is 7.11 Å². The van der Waals surface area contributed by atoms with Crippen molar-refractivity contribution in [3.05, 3.63) is 82.9 Å². The summed E-state index contributed by atoms with van der Waals surface area (Å²) in [4.78, 5) is 12.7. The van der Waals surface area contributed by atoms with Gasteiger partial charge in [0.1, 0.15) is 23.9 Å². The Balaban J connectivity index is 1.80. The molecule has 3 aromatic rings. The number of para-hydroxylation sites is 1. The fraction of sp³-hybridized carbons (Fsp3) is 0.136. The van der Waals surface area contributed by atoms with Gasteiger partial charge in [0.2, 0.25) is 0 Å². The van der Waals surface area contributed by atoms with E-state index in [1.807, 2.05) is 30.3 Å². The lowest BCUT2D eigenvalue weighted by atomic mass is 10.1. The van der Waals surface area contributed by atoms with Gasteiger partial charge in [0.15, 0.2) is 0 Å². The van der Waals surface area contributed by atoms with Crippen molar-refractivity contribution in [1.82, 2.24) is 0 Å². The smallest absolute Gasteiger partial charge is 0.255 e. The fourth-order valence-corrected chi connectivity index (χ4v) is 2.85. The standard InChI is InChI=1S/C22H20ClNO4/c1-26-20-10-8-15(12-16(20)14-28-18-6-4-3-5-7-18)22(25)24-19-13-17(23)9-11-21(19)27-2/h3-13H,14H2,1-2H3,(H,24,25). The van der Waals surface area contributed by atoms with Gasteiger partial charge in [0.25, 0.3) is 5.91 Å². The summed E-state index contributed by atoms with van der Waals surface area (Å²) < 4.78 is 16.5.